The highest BCUT2D eigenvalue weighted by Crippen LogP contribution is 2.22. The van der Waals surface area contributed by atoms with Gasteiger partial charge in [0.2, 0.25) is 0 Å². The van der Waals surface area contributed by atoms with Gasteiger partial charge < -0.3 is 9.55 Å². The van der Waals surface area contributed by atoms with E-state index in [2.05, 4.69) is 15.0 Å². The standard InChI is InChI=1S/C12H9ClN4OS/c1-17-9(6-2-4-7(13)5-3-6)14-8-10(17)15-12(19)16-11(8)18/h2-5H,1H3,(H2,15,16,18,19). The van der Waals surface area contributed by atoms with E-state index in [1.807, 2.05) is 19.2 Å². The van der Waals surface area contributed by atoms with Gasteiger partial charge in [-0.1, -0.05) is 11.6 Å². The van der Waals surface area contributed by atoms with Crippen LogP contribution in [0.3, 0.4) is 0 Å². The van der Waals surface area contributed by atoms with Crippen molar-refractivity contribution in [3.8, 4) is 11.4 Å². The van der Waals surface area contributed by atoms with Crippen LogP contribution < -0.4 is 5.56 Å². The van der Waals surface area contributed by atoms with Gasteiger partial charge in [-0.15, -0.1) is 0 Å². The first-order valence-corrected chi connectivity index (χ1v) is 6.30. The smallest absolute Gasteiger partial charge is 0.279 e. The summed E-state index contributed by atoms with van der Waals surface area (Å²) in [4.78, 5) is 21.6. The van der Waals surface area contributed by atoms with Crippen LogP contribution in [0, 0.1) is 4.77 Å². The monoisotopic (exact) mass is 292 g/mol. The van der Waals surface area contributed by atoms with Gasteiger partial charge in [0.15, 0.2) is 10.3 Å². The third-order valence-corrected chi connectivity index (χ3v) is 3.33. The van der Waals surface area contributed by atoms with E-state index in [1.165, 1.54) is 0 Å². The Hall–Kier alpha value is -1.92. The summed E-state index contributed by atoms with van der Waals surface area (Å²) in [5.41, 5.74) is 1.51. The Labute approximate surface area is 117 Å². The van der Waals surface area contributed by atoms with E-state index >= 15 is 0 Å². The number of imidazole rings is 1. The summed E-state index contributed by atoms with van der Waals surface area (Å²) < 4.78 is 2.08. The number of rotatable bonds is 1. The number of aryl methyl sites for hydroxylation is 1. The van der Waals surface area contributed by atoms with Gasteiger partial charge in [-0.2, -0.15) is 0 Å². The van der Waals surface area contributed by atoms with Gasteiger partial charge in [-0.3, -0.25) is 9.78 Å². The molecule has 0 bridgehead atoms. The van der Waals surface area contributed by atoms with E-state index in [9.17, 15) is 4.79 Å². The number of aromatic amines is 2. The van der Waals surface area contributed by atoms with Crippen LogP contribution in [0.1, 0.15) is 0 Å². The fourth-order valence-electron chi connectivity index (χ4n) is 1.96. The molecular weight excluding hydrogens is 284 g/mol. The van der Waals surface area contributed by atoms with Gasteiger partial charge >= 0.3 is 0 Å². The highest BCUT2D eigenvalue weighted by Gasteiger charge is 2.12. The lowest BCUT2D eigenvalue weighted by Crippen LogP contribution is -2.08. The molecule has 0 unspecified atom stereocenters. The van der Waals surface area contributed by atoms with Crippen LogP contribution in [0.4, 0.5) is 0 Å². The number of aromatic nitrogens is 4. The molecular formula is C12H9ClN4OS. The van der Waals surface area contributed by atoms with Gasteiger partial charge in [-0.25, -0.2) is 4.98 Å². The van der Waals surface area contributed by atoms with Crippen molar-refractivity contribution in [2.75, 3.05) is 0 Å². The predicted molar refractivity (Wildman–Crippen MR) is 77.0 cm³/mol. The van der Waals surface area contributed by atoms with Crippen molar-refractivity contribution >= 4 is 35.0 Å². The average Bonchev–Trinajstić information content (AvgIpc) is 2.69. The van der Waals surface area contributed by atoms with Crippen LogP contribution in [0.2, 0.25) is 5.02 Å². The number of benzene rings is 1. The summed E-state index contributed by atoms with van der Waals surface area (Å²) in [6.45, 7) is 0. The maximum Gasteiger partial charge on any atom is 0.279 e. The normalized spacial score (nSPS) is 11.1. The topological polar surface area (TPSA) is 66.5 Å². The van der Waals surface area contributed by atoms with Crippen LogP contribution in [0.5, 0.6) is 0 Å². The highest BCUT2D eigenvalue weighted by atomic mass is 35.5. The van der Waals surface area contributed by atoms with Crippen LogP contribution in [0.15, 0.2) is 29.1 Å². The molecule has 5 nitrogen and oxygen atoms in total. The molecule has 3 rings (SSSR count). The quantitative estimate of drug-likeness (QED) is 0.678. The molecule has 2 N–H and O–H groups in total. The summed E-state index contributed by atoms with van der Waals surface area (Å²) in [6, 6.07) is 7.27. The predicted octanol–water partition coefficient (Wildman–Crippen LogP) is 2.64. The highest BCUT2D eigenvalue weighted by molar-refractivity contribution is 7.71. The zero-order valence-electron chi connectivity index (χ0n) is 9.90. The molecule has 7 heteroatoms. The summed E-state index contributed by atoms with van der Waals surface area (Å²) in [7, 11) is 1.82. The Balaban J connectivity index is 2.34. The second-order valence-electron chi connectivity index (χ2n) is 4.11. The molecule has 2 heterocycles. The number of nitrogens with one attached hydrogen (secondary N) is 2. The number of halogens is 1. The van der Waals surface area contributed by atoms with Crippen LogP contribution in [-0.4, -0.2) is 19.5 Å². The number of fused-ring (bicyclic) bond motifs is 1. The maximum absolute atomic E-state index is 11.8. The van der Waals surface area contributed by atoms with Gasteiger partial charge in [0.05, 0.1) is 0 Å². The van der Waals surface area contributed by atoms with Crippen molar-refractivity contribution in [3.05, 3.63) is 44.4 Å². The SMILES string of the molecule is Cn1c(-c2ccc(Cl)cc2)nc2c(=O)[nH]c(=S)[nH]c21. The van der Waals surface area contributed by atoms with Crippen molar-refractivity contribution in [1.29, 1.82) is 0 Å². The summed E-state index contributed by atoms with van der Waals surface area (Å²) in [5.74, 6) is 0.675. The summed E-state index contributed by atoms with van der Waals surface area (Å²) >= 11 is 10.8. The van der Waals surface area contributed by atoms with E-state index in [0.717, 1.165) is 5.56 Å². The molecule has 0 aliphatic heterocycles. The minimum atomic E-state index is -0.297. The third-order valence-electron chi connectivity index (χ3n) is 2.87. The first-order valence-electron chi connectivity index (χ1n) is 5.51. The average molecular weight is 293 g/mol. The Morgan fingerprint density at radius 2 is 1.95 bits per heavy atom. The van der Waals surface area contributed by atoms with Crippen molar-refractivity contribution < 1.29 is 0 Å². The molecule has 0 spiro atoms. The summed E-state index contributed by atoms with van der Waals surface area (Å²) in [5, 5.41) is 0.653. The second kappa shape index (κ2) is 4.32. The fourth-order valence-corrected chi connectivity index (χ4v) is 2.27. The van der Waals surface area contributed by atoms with E-state index < -0.39 is 0 Å². The zero-order valence-corrected chi connectivity index (χ0v) is 11.5. The van der Waals surface area contributed by atoms with Gasteiger partial charge in [0.25, 0.3) is 5.56 Å². The first kappa shape index (κ1) is 12.1. The lowest BCUT2D eigenvalue weighted by molar-refractivity contribution is 0.935. The van der Waals surface area contributed by atoms with Gasteiger partial charge in [-0.05, 0) is 36.5 Å². The molecule has 0 aliphatic carbocycles. The van der Waals surface area contributed by atoms with Crippen LogP contribution in [-0.2, 0) is 7.05 Å². The van der Waals surface area contributed by atoms with Crippen molar-refractivity contribution in [3.63, 3.8) is 0 Å². The minimum Gasteiger partial charge on any atom is -0.316 e. The molecule has 0 atom stereocenters. The maximum atomic E-state index is 11.8. The fraction of sp³-hybridized carbons (Fsp3) is 0.0833. The van der Waals surface area contributed by atoms with E-state index in [0.29, 0.717) is 22.0 Å². The second-order valence-corrected chi connectivity index (χ2v) is 4.95. The van der Waals surface area contributed by atoms with Crippen molar-refractivity contribution in [1.82, 2.24) is 19.5 Å². The molecule has 96 valence electrons. The van der Waals surface area contributed by atoms with Crippen molar-refractivity contribution in [2.45, 2.75) is 0 Å². The Morgan fingerprint density at radius 1 is 1.26 bits per heavy atom. The van der Waals surface area contributed by atoms with E-state index in [-0.39, 0.29) is 10.3 Å². The summed E-state index contributed by atoms with van der Waals surface area (Å²) in [6.07, 6.45) is 0. The Kier molecular flexibility index (Phi) is 2.76. The molecule has 3 aromatic rings. The molecule has 0 saturated carbocycles. The van der Waals surface area contributed by atoms with Crippen molar-refractivity contribution in [2.24, 2.45) is 7.05 Å². The Morgan fingerprint density at radius 3 is 2.63 bits per heavy atom. The van der Waals surface area contributed by atoms with E-state index in [4.69, 9.17) is 23.8 Å². The minimum absolute atomic E-state index is 0.281. The molecule has 2 aromatic heterocycles. The van der Waals surface area contributed by atoms with Gasteiger partial charge in [0, 0.05) is 17.6 Å². The lowest BCUT2D eigenvalue weighted by atomic mass is 10.2. The molecule has 0 amide bonds. The number of nitrogens with zero attached hydrogens (tertiary/aromatic N) is 2. The van der Waals surface area contributed by atoms with Crippen LogP contribution >= 0.6 is 23.8 Å². The molecule has 0 fully saturated rings. The largest absolute Gasteiger partial charge is 0.316 e. The molecule has 0 saturated heterocycles. The number of H-pyrrole nitrogens is 2. The molecule has 19 heavy (non-hydrogen) atoms. The lowest BCUT2D eigenvalue weighted by Gasteiger charge is -2.02. The Bertz CT molecular complexity index is 875. The first-order chi connectivity index (χ1) is 9.06. The molecule has 1 aromatic carbocycles. The zero-order chi connectivity index (χ0) is 13.6. The molecule has 0 radical (unpaired) electrons. The molecule has 0 aliphatic rings. The van der Waals surface area contributed by atoms with Crippen LogP contribution in [0.25, 0.3) is 22.6 Å². The number of hydrogen-bond acceptors (Lipinski definition) is 3. The number of hydrogen-bond donors (Lipinski definition) is 2. The van der Waals surface area contributed by atoms with E-state index in [1.54, 1.807) is 16.7 Å². The van der Waals surface area contributed by atoms with Gasteiger partial charge in [0.1, 0.15) is 11.5 Å². The third kappa shape index (κ3) is 1.98.